The number of hydrogen-bond acceptors (Lipinski definition) is 2. The molecule has 1 aliphatic heterocycles. The van der Waals surface area contributed by atoms with Crippen LogP contribution in [-0.2, 0) is 0 Å². The number of H-pyrrole nitrogens is 1. The Labute approximate surface area is 81.2 Å². The second-order valence-corrected chi connectivity index (χ2v) is 3.42. The van der Waals surface area contributed by atoms with E-state index < -0.39 is 0 Å². The number of aromatic nitrogens is 1. The molecule has 0 spiro atoms. The van der Waals surface area contributed by atoms with Crippen molar-refractivity contribution in [2.75, 3.05) is 11.6 Å². The summed E-state index contributed by atoms with van der Waals surface area (Å²) in [6, 6.07) is 8.04. The molecule has 0 saturated heterocycles. The van der Waals surface area contributed by atoms with Crippen molar-refractivity contribution in [1.29, 1.82) is 0 Å². The molecule has 3 nitrogen and oxygen atoms in total. The van der Waals surface area contributed by atoms with Crippen LogP contribution in [0.2, 0.25) is 0 Å². The first-order valence-corrected chi connectivity index (χ1v) is 4.60. The number of benzene rings is 1. The standard InChI is InChI=1S/C11H10N2O/c14-13-7-3-5-9-8-4-1-2-6-10(8)12-11(9)13/h1-6,12,14H,7H2. The highest BCUT2D eigenvalue weighted by Crippen LogP contribution is 2.31. The average Bonchev–Trinajstić information content (AvgIpc) is 2.59. The molecule has 0 unspecified atom stereocenters. The van der Waals surface area contributed by atoms with Gasteiger partial charge in [0.05, 0.1) is 6.54 Å². The molecule has 3 heteroatoms. The van der Waals surface area contributed by atoms with Gasteiger partial charge in [-0.3, -0.25) is 5.21 Å². The third kappa shape index (κ3) is 0.900. The van der Waals surface area contributed by atoms with Crippen molar-refractivity contribution >= 4 is 22.8 Å². The lowest BCUT2D eigenvalue weighted by Gasteiger charge is -2.17. The largest absolute Gasteiger partial charge is 0.339 e. The number of para-hydroxylation sites is 1. The van der Waals surface area contributed by atoms with Gasteiger partial charge in [-0.25, -0.2) is 5.06 Å². The molecule has 0 bridgehead atoms. The molecule has 0 fully saturated rings. The summed E-state index contributed by atoms with van der Waals surface area (Å²) in [6.45, 7) is 0.541. The van der Waals surface area contributed by atoms with E-state index >= 15 is 0 Å². The van der Waals surface area contributed by atoms with Gasteiger partial charge in [0.15, 0.2) is 0 Å². The molecule has 0 radical (unpaired) electrons. The molecule has 3 rings (SSSR count). The highest BCUT2D eigenvalue weighted by Gasteiger charge is 2.15. The van der Waals surface area contributed by atoms with E-state index in [0.717, 1.165) is 22.3 Å². The SMILES string of the molecule is ON1CC=Cc2c1[nH]c1ccccc21. The zero-order chi connectivity index (χ0) is 9.54. The maximum atomic E-state index is 9.61. The van der Waals surface area contributed by atoms with Crippen LogP contribution >= 0.6 is 0 Å². The number of nitrogens with zero attached hydrogens (tertiary/aromatic N) is 1. The van der Waals surface area contributed by atoms with Crippen molar-refractivity contribution in [2.24, 2.45) is 0 Å². The monoisotopic (exact) mass is 186 g/mol. The van der Waals surface area contributed by atoms with Crippen LogP contribution in [-0.4, -0.2) is 16.7 Å². The summed E-state index contributed by atoms with van der Waals surface area (Å²) in [4.78, 5) is 3.19. The first-order valence-electron chi connectivity index (χ1n) is 4.60. The summed E-state index contributed by atoms with van der Waals surface area (Å²) in [5.74, 6) is 0.786. The maximum Gasteiger partial charge on any atom is 0.139 e. The maximum absolute atomic E-state index is 9.61. The summed E-state index contributed by atoms with van der Waals surface area (Å²) in [6.07, 6.45) is 3.99. The number of nitrogens with one attached hydrogen (secondary N) is 1. The van der Waals surface area contributed by atoms with Gasteiger partial charge >= 0.3 is 0 Å². The fourth-order valence-electron chi connectivity index (χ4n) is 1.88. The first kappa shape index (κ1) is 7.64. The summed E-state index contributed by atoms with van der Waals surface area (Å²) in [7, 11) is 0. The van der Waals surface area contributed by atoms with E-state index in [4.69, 9.17) is 0 Å². The van der Waals surface area contributed by atoms with Gasteiger partial charge in [-0.05, 0) is 6.07 Å². The molecular formula is C11H10N2O. The molecule has 0 saturated carbocycles. The number of anilines is 1. The Kier molecular flexibility index (Phi) is 1.43. The predicted molar refractivity (Wildman–Crippen MR) is 56.5 cm³/mol. The Morgan fingerprint density at radius 1 is 1.29 bits per heavy atom. The van der Waals surface area contributed by atoms with E-state index in [0.29, 0.717) is 6.54 Å². The van der Waals surface area contributed by atoms with E-state index in [2.05, 4.69) is 4.98 Å². The highest BCUT2D eigenvalue weighted by atomic mass is 16.5. The van der Waals surface area contributed by atoms with Gasteiger partial charge in [0.2, 0.25) is 0 Å². The van der Waals surface area contributed by atoms with Gasteiger partial charge in [-0.15, -0.1) is 0 Å². The predicted octanol–water partition coefficient (Wildman–Crippen LogP) is 2.39. The number of aromatic amines is 1. The van der Waals surface area contributed by atoms with Crippen molar-refractivity contribution in [3.63, 3.8) is 0 Å². The van der Waals surface area contributed by atoms with Gasteiger partial charge in [0.25, 0.3) is 0 Å². The normalized spacial score (nSPS) is 14.8. The topological polar surface area (TPSA) is 39.3 Å². The average molecular weight is 186 g/mol. The molecule has 0 atom stereocenters. The van der Waals surface area contributed by atoms with E-state index in [1.807, 2.05) is 36.4 Å². The highest BCUT2D eigenvalue weighted by molar-refractivity contribution is 5.95. The van der Waals surface area contributed by atoms with E-state index in [1.54, 1.807) is 0 Å². The van der Waals surface area contributed by atoms with Crippen molar-refractivity contribution in [3.05, 3.63) is 35.9 Å². The molecule has 14 heavy (non-hydrogen) atoms. The van der Waals surface area contributed by atoms with Gasteiger partial charge in [0.1, 0.15) is 5.82 Å². The fraction of sp³-hybridized carbons (Fsp3) is 0.0909. The van der Waals surface area contributed by atoms with Crippen LogP contribution in [0.5, 0.6) is 0 Å². The summed E-state index contributed by atoms with van der Waals surface area (Å²) >= 11 is 0. The minimum atomic E-state index is 0.541. The number of hydrogen-bond donors (Lipinski definition) is 2. The summed E-state index contributed by atoms with van der Waals surface area (Å²) in [5, 5.41) is 12.0. The van der Waals surface area contributed by atoms with E-state index in [9.17, 15) is 5.21 Å². The smallest absolute Gasteiger partial charge is 0.139 e. The summed E-state index contributed by atoms with van der Waals surface area (Å²) < 4.78 is 0. The lowest BCUT2D eigenvalue weighted by molar-refractivity contribution is 0.262. The molecule has 1 aliphatic rings. The van der Waals surface area contributed by atoms with Crippen LogP contribution in [0, 0.1) is 0 Å². The molecule has 2 aromatic rings. The van der Waals surface area contributed by atoms with E-state index in [1.165, 1.54) is 5.06 Å². The molecule has 0 amide bonds. The zero-order valence-corrected chi connectivity index (χ0v) is 7.57. The molecule has 70 valence electrons. The van der Waals surface area contributed by atoms with Gasteiger partial charge in [-0.1, -0.05) is 30.4 Å². The third-order valence-electron chi connectivity index (χ3n) is 2.55. The van der Waals surface area contributed by atoms with Crippen LogP contribution in [0.1, 0.15) is 5.56 Å². The molecule has 2 N–H and O–H groups in total. The lowest BCUT2D eigenvalue weighted by Crippen LogP contribution is -2.20. The molecule has 2 heterocycles. The Morgan fingerprint density at radius 3 is 3.07 bits per heavy atom. The van der Waals surface area contributed by atoms with Crippen LogP contribution < -0.4 is 5.06 Å². The van der Waals surface area contributed by atoms with Crippen LogP contribution in [0.3, 0.4) is 0 Å². The Balaban J connectivity index is 2.39. The minimum absolute atomic E-state index is 0.541. The van der Waals surface area contributed by atoms with Crippen molar-refractivity contribution in [1.82, 2.24) is 4.98 Å². The fourth-order valence-corrected chi connectivity index (χ4v) is 1.88. The second-order valence-electron chi connectivity index (χ2n) is 3.42. The van der Waals surface area contributed by atoms with Crippen molar-refractivity contribution < 1.29 is 5.21 Å². The first-order chi connectivity index (χ1) is 6.86. The van der Waals surface area contributed by atoms with Crippen molar-refractivity contribution in [2.45, 2.75) is 0 Å². The van der Waals surface area contributed by atoms with Gasteiger partial charge in [0, 0.05) is 16.5 Å². The quantitative estimate of drug-likeness (QED) is 0.663. The van der Waals surface area contributed by atoms with Crippen LogP contribution in [0.15, 0.2) is 30.3 Å². The van der Waals surface area contributed by atoms with Gasteiger partial charge < -0.3 is 4.98 Å². The van der Waals surface area contributed by atoms with Gasteiger partial charge in [-0.2, -0.15) is 0 Å². The van der Waals surface area contributed by atoms with Crippen LogP contribution in [0.25, 0.3) is 17.0 Å². The number of fused-ring (bicyclic) bond motifs is 3. The third-order valence-corrected chi connectivity index (χ3v) is 2.55. The Hall–Kier alpha value is -1.74. The van der Waals surface area contributed by atoms with Crippen molar-refractivity contribution in [3.8, 4) is 0 Å². The molecule has 1 aromatic carbocycles. The Bertz CT molecular complexity index is 513. The molecular weight excluding hydrogens is 176 g/mol. The molecule has 0 aliphatic carbocycles. The molecule has 1 aromatic heterocycles. The minimum Gasteiger partial charge on any atom is -0.339 e. The van der Waals surface area contributed by atoms with Crippen LogP contribution in [0.4, 0.5) is 5.82 Å². The second kappa shape index (κ2) is 2.62. The summed E-state index contributed by atoms with van der Waals surface area (Å²) in [5.41, 5.74) is 2.12. The number of hydroxylamine groups is 1. The van der Waals surface area contributed by atoms with E-state index in [-0.39, 0.29) is 0 Å². The zero-order valence-electron chi connectivity index (χ0n) is 7.57. The lowest BCUT2D eigenvalue weighted by atomic mass is 10.1. The number of rotatable bonds is 0. The Morgan fingerprint density at radius 2 is 2.14 bits per heavy atom.